The van der Waals surface area contributed by atoms with E-state index in [-0.39, 0.29) is 0 Å². The molecule has 0 radical (unpaired) electrons. The highest BCUT2D eigenvalue weighted by atomic mass is 32.2. The zero-order valence-electron chi connectivity index (χ0n) is 11.6. The molecule has 0 bridgehead atoms. The van der Waals surface area contributed by atoms with Gasteiger partial charge in [0.1, 0.15) is 0 Å². The Morgan fingerprint density at radius 3 is 2.68 bits per heavy atom. The van der Waals surface area contributed by atoms with Crippen LogP contribution in [-0.4, -0.2) is 42.4 Å². The van der Waals surface area contributed by atoms with E-state index in [1.54, 1.807) is 0 Å². The fourth-order valence-electron chi connectivity index (χ4n) is 2.86. The molecule has 19 heavy (non-hydrogen) atoms. The van der Waals surface area contributed by atoms with E-state index in [4.69, 9.17) is 0 Å². The quantitative estimate of drug-likeness (QED) is 0.771. The summed E-state index contributed by atoms with van der Waals surface area (Å²) in [5, 5.41) is 3.63. The van der Waals surface area contributed by atoms with Crippen LogP contribution in [0.1, 0.15) is 25.7 Å². The largest absolute Gasteiger partial charge is 0.313 e. The molecule has 2 aliphatic rings. The average Bonchev–Trinajstić information content (AvgIpc) is 3.17. The molecule has 1 saturated heterocycles. The molecular formula is C16H24N2S. The third-order valence-corrected chi connectivity index (χ3v) is 5.06. The van der Waals surface area contributed by atoms with Crippen LogP contribution in [0.3, 0.4) is 0 Å². The maximum atomic E-state index is 3.63. The molecule has 1 aromatic carbocycles. The van der Waals surface area contributed by atoms with Crippen LogP contribution in [-0.2, 0) is 0 Å². The highest BCUT2D eigenvalue weighted by Gasteiger charge is 2.30. The number of rotatable bonds is 7. The second kappa shape index (κ2) is 6.78. The fraction of sp³-hybridized carbons (Fsp3) is 0.625. The lowest BCUT2D eigenvalue weighted by Gasteiger charge is -2.25. The van der Waals surface area contributed by atoms with Crippen LogP contribution in [0, 0.1) is 0 Å². The van der Waals surface area contributed by atoms with Gasteiger partial charge in [0.2, 0.25) is 0 Å². The normalized spacial score (nSPS) is 23.1. The third-order valence-electron chi connectivity index (χ3n) is 4.07. The predicted molar refractivity (Wildman–Crippen MR) is 82.8 cm³/mol. The number of hydrogen-bond donors (Lipinski definition) is 1. The first-order chi connectivity index (χ1) is 9.42. The van der Waals surface area contributed by atoms with E-state index in [2.05, 4.69) is 40.5 Å². The van der Waals surface area contributed by atoms with Crippen molar-refractivity contribution in [2.24, 2.45) is 0 Å². The number of benzene rings is 1. The Labute approximate surface area is 121 Å². The highest BCUT2D eigenvalue weighted by molar-refractivity contribution is 7.99. The van der Waals surface area contributed by atoms with E-state index in [9.17, 15) is 0 Å². The maximum absolute atomic E-state index is 3.63. The van der Waals surface area contributed by atoms with Crippen LogP contribution in [0.4, 0.5) is 0 Å². The van der Waals surface area contributed by atoms with Gasteiger partial charge in [-0.2, -0.15) is 0 Å². The molecule has 3 heteroatoms. The summed E-state index contributed by atoms with van der Waals surface area (Å²) in [6, 6.07) is 12.4. The Hall–Kier alpha value is -0.510. The van der Waals surface area contributed by atoms with E-state index >= 15 is 0 Å². The van der Waals surface area contributed by atoms with Gasteiger partial charge < -0.3 is 5.32 Å². The molecule has 104 valence electrons. The van der Waals surface area contributed by atoms with E-state index < -0.39 is 0 Å². The first kappa shape index (κ1) is 13.5. The molecule has 0 amide bonds. The zero-order chi connectivity index (χ0) is 12.9. The molecule has 1 N–H and O–H groups in total. The molecule has 0 spiro atoms. The molecule has 0 aromatic heterocycles. The standard InChI is InChI=1S/C16H24N2S/c1-2-6-16(7-3-1)19-12-11-18(15-8-9-15)13-14-5-4-10-17-14/h1-3,6-7,14-15,17H,4-5,8-13H2. The van der Waals surface area contributed by atoms with Crippen molar-refractivity contribution in [2.45, 2.75) is 42.7 Å². The van der Waals surface area contributed by atoms with E-state index in [0.717, 1.165) is 12.1 Å². The van der Waals surface area contributed by atoms with Crippen molar-refractivity contribution in [1.82, 2.24) is 10.2 Å². The summed E-state index contributed by atoms with van der Waals surface area (Å²) < 4.78 is 0. The van der Waals surface area contributed by atoms with Gasteiger partial charge in [0, 0.05) is 35.8 Å². The van der Waals surface area contributed by atoms with Crippen molar-refractivity contribution in [3.63, 3.8) is 0 Å². The van der Waals surface area contributed by atoms with Crippen LogP contribution < -0.4 is 5.32 Å². The zero-order valence-corrected chi connectivity index (χ0v) is 12.4. The number of nitrogens with one attached hydrogen (secondary N) is 1. The first-order valence-corrected chi connectivity index (χ1v) is 8.55. The van der Waals surface area contributed by atoms with Crippen LogP contribution >= 0.6 is 11.8 Å². The Bertz CT molecular complexity index is 372. The van der Waals surface area contributed by atoms with Gasteiger partial charge in [-0.3, -0.25) is 4.90 Å². The van der Waals surface area contributed by atoms with Gasteiger partial charge in [-0.25, -0.2) is 0 Å². The molecule has 1 heterocycles. The molecule has 1 aliphatic carbocycles. The van der Waals surface area contributed by atoms with Gasteiger partial charge in [-0.1, -0.05) is 18.2 Å². The minimum atomic E-state index is 0.752. The summed E-state index contributed by atoms with van der Waals surface area (Å²) in [5.74, 6) is 1.22. The molecule has 1 saturated carbocycles. The van der Waals surface area contributed by atoms with Crippen LogP contribution in [0.25, 0.3) is 0 Å². The highest BCUT2D eigenvalue weighted by Crippen LogP contribution is 2.28. The summed E-state index contributed by atoms with van der Waals surface area (Å²) in [7, 11) is 0. The van der Waals surface area contributed by atoms with Crippen molar-refractivity contribution in [3.8, 4) is 0 Å². The average molecular weight is 276 g/mol. The van der Waals surface area contributed by atoms with Crippen molar-refractivity contribution in [2.75, 3.05) is 25.4 Å². The fourth-order valence-corrected chi connectivity index (χ4v) is 3.77. The van der Waals surface area contributed by atoms with E-state index in [1.165, 1.54) is 56.0 Å². The van der Waals surface area contributed by atoms with E-state index in [1.807, 2.05) is 11.8 Å². The summed E-state index contributed by atoms with van der Waals surface area (Å²) >= 11 is 1.99. The topological polar surface area (TPSA) is 15.3 Å². The van der Waals surface area contributed by atoms with Crippen molar-refractivity contribution in [1.29, 1.82) is 0 Å². The molecule has 2 nitrogen and oxygen atoms in total. The number of nitrogens with zero attached hydrogens (tertiary/aromatic N) is 1. The van der Waals surface area contributed by atoms with Gasteiger partial charge in [-0.15, -0.1) is 11.8 Å². The monoisotopic (exact) mass is 276 g/mol. The minimum Gasteiger partial charge on any atom is -0.313 e. The lowest BCUT2D eigenvalue weighted by Crippen LogP contribution is -2.39. The van der Waals surface area contributed by atoms with Gasteiger partial charge in [0.15, 0.2) is 0 Å². The van der Waals surface area contributed by atoms with Crippen molar-refractivity contribution in [3.05, 3.63) is 30.3 Å². The number of hydrogen-bond acceptors (Lipinski definition) is 3. The predicted octanol–water partition coefficient (Wildman–Crippen LogP) is 3.00. The van der Waals surface area contributed by atoms with Gasteiger partial charge in [0.25, 0.3) is 0 Å². The second-order valence-corrected chi connectivity index (χ2v) is 6.85. The Balaban J connectivity index is 1.43. The van der Waals surface area contributed by atoms with Gasteiger partial charge in [-0.05, 0) is 44.4 Å². The van der Waals surface area contributed by atoms with Crippen LogP contribution in [0.2, 0.25) is 0 Å². The molecule has 2 fully saturated rings. The molecule has 1 aromatic rings. The molecule has 1 unspecified atom stereocenters. The van der Waals surface area contributed by atoms with E-state index in [0.29, 0.717) is 0 Å². The number of thioether (sulfide) groups is 1. The lowest BCUT2D eigenvalue weighted by molar-refractivity contribution is 0.254. The Morgan fingerprint density at radius 1 is 1.16 bits per heavy atom. The summed E-state index contributed by atoms with van der Waals surface area (Å²) in [4.78, 5) is 4.12. The van der Waals surface area contributed by atoms with Crippen LogP contribution in [0.15, 0.2) is 35.2 Å². The third kappa shape index (κ3) is 4.23. The Morgan fingerprint density at radius 2 is 2.00 bits per heavy atom. The smallest absolute Gasteiger partial charge is 0.0195 e. The SMILES string of the molecule is c1ccc(SCCN(CC2CCCN2)C2CC2)cc1. The van der Waals surface area contributed by atoms with Crippen molar-refractivity contribution < 1.29 is 0 Å². The molecule has 3 rings (SSSR count). The molecule has 1 aliphatic heterocycles. The van der Waals surface area contributed by atoms with Crippen LogP contribution in [0.5, 0.6) is 0 Å². The van der Waals surface area contributed by atoms with Gasteiger partial charge >= 0.3 is 0 Å². The molecule has 1 atom stereocenters. The Kier molecular flexibility index (Phi) is 4.81. The lowest BCUT2D eigenvalue weighted by atomic mass is 10.2. The minimum absolute atomic E-state index is 0.752. The summed E-state index contributed by atoms with van der Waals surface area (Å²) in [6.45, 7) is 3.73. The summed E-state index contributed by atoms with van der Waals surface area (Å²) in [5.41, 5.74) is 0. The summed E-state index contributed by atoms with van der Waals surface area (Å²) in [6.07, 6.45) is 5.57. The van der Waals surface area contributed by atoms with Gasteiger partial charge in [0.05, 0.1) is 0 Å². The molecular weight excluding hydrogens is 252 g/mol. The van der Waals surface area contributed by atoms with Crippen molar-refractivity contribution >= 4 is 11.8 Å². The first-order valence-electron chi connectivity index (χ1n) is 7.57. The maximum Gasteiger partial charge on any atom is 0.0195 e. The second-order valence-electron chi connectivity index (χ2n) is 5.68.